The van der Waals surface area contributed by atoms with E-state index in [-0.39, 0.29) is 35.5 Å². The lowest BCUT2D eigenvalue weighted by molar-refractivity contribution is -0.132. The van der Waals surface area contributed by atoms with Crippen molar-refractivity contribution in [1.29, 1.82) is 0 Å². The van der Waals surface area contributed by atoms with Gasteiger partial charge in [-0.25, -0.2) is 9.37 Å². The number of likely N-dealkylation sites (tertiary alicyclic amines) is 2. The lowest BCUT2D eigenvalue weighted by Crippen LogP contribution is -2.49. The number of carbonyl (C=O) groups excluding carboxylic acids is 2. The molecular weight excluding hydrogens is 359 g/mol. The summed E-state index contributed by atoms with van der Waals surface area (Å²) in [5.74, 6) is -0.0743. The fourth-order valence-corrected chi connectivity index (χ4v) is 4.54. The molecule has 2 fully saturated rings. The van der Waals surface area contributed by atoms with E-state index in [0.717, 1.165) is 12.0 Å². The van der Waals surface area contributed by atoms with Gasteiger partial charge in [-0.2, -0.15) is 0 Å². The van der Waals surface area contributed by atoms with E-state index < -0.39 is 0 Å². The maximum atomic E-state index is 13.4. The molecule has 4 rings (SSSR count). The first-order valence-electron chi connectivity index (χ1n) is 9.68. The molecule has 2 amide bonds. The van der Waals surface area contributed by atoms with E-state index in [1.807, 2.05) is 16.7 Å². The summed E-state index contributed by atoms with van der Waals surface area (Å²) >= 11 is 0. The highest BCUT2D eigenvalue weighted by molar-refractivity contribution is 5.92. The van der Waals surface area contributed by atoms with Crippen LogP contribution in [0.25, 0.3) is 0 Å². The third-order valence-electron chi connectivity index (χ3n) is 5.92. The van der Waals surface area contributed by atoms with Crippen LogP contribution in [0.1, 0.15) is 41.7 Å². The van der Waals surface area contributed by atoms with Crippen LogP contribution in [0.4, 0.5) is 4.39 Å². The average Bonchev–Trinajstić information content (AvgIpc) is 3.12. The average molecular weight is 382 g/mol. The summed E-state index contributed by atoms with van der Waals surface area (Å²) in [6, 6.07) is 6.61. The van der Waals surface area contributed by atoms with Gasteiger partial charge in [0.05, 0.1) is 6.20 Å². The topological polar surface area (TPSA) is 66.4 Å². The van der Waals surface area contributed by atoms with Gasteiger partial charge in [0.15, 0.2) is 0 Å². The van der Waals surface area contributed by atoms with Gasteiger partial charge in [0.2, 0.25) is 5.91 Å². The van der Waals surface area contributed by atoms with Crippen molar-refractivity contribution in [3.8, 4) is 0 Å². The van der Waals surface area contributed by atoms with Gasteiger partial charge in [-0.05, 0) is 24.1 Å². The Morgan fingerprint density at radius 2 is 1.96 bits per heavy atom. The predicted octanol–water partition coefficient (Wildman–Crippen LogP) is 2.48. The van der Waals surface area contributed by atoms with Gasteiger partial charge in [0, 0.05) is 56.3 Å². The molecule has 2 aliphatic rings. The van der Waals surface area contributed by atoms with Crippen molar-refractivity contribution in [2.75, 3.05) is 19.6 Å². The van der Waals surface area contributed by atoms with Gasteiger partial charge in [-0.3, -0.25) is 14.6 Å². The van der Waals surface area contributed by atoms with Gasteiger partial charge in [0.25, 0.3) is 5.91 Å². The third-order valence-corrected chi connectivity index (χ3v) is 5.92. The summed E-state index contributed by atoms with van der Waals surface area (Å²) in [6.07, 6.45) is 5.73. The number of fused-ring (bicyclic) bond motifs is 1. The zero-order valence-corrected chi connectivity index (χ0v) is 15.8. The maximum Gasteiger partial charge on any atom is 0.274 e. The molecule has 0 bridgehead atoms. The number of amides is 2. The molecule has 6 nitrogen and oxygen atoms in total. The second kappa shape index (κ2) is 7.66. The molecule has 0 aliphatic carbocycles. The van der Waals surface area contributed by atoms with E-state index in [1.54, 1.807) is 18.3 Å². The lowest BCUT2D eigenvalue weighted by atomic mass is 9.81. The molecular formula is C21H23FN4O2. The lowest BCUT2D eigenvalue weighted by Gasteiger charge is -2.38. The maximum absolute atomic E-state index is 13.4. The molecule has 2 aliphatic heterocycles. The van der Waals surface area contributed by atoms with Crippen LogP contribution < -0.4 is 0 Å². The van der Waals surface area contributed by atoms with Crippen LogP contribution in [-0.2, 0) is 4.79 Å². The Hall–Kier alpha value is -2.83. The monoisotopic (exact) mass is 382 g/mol. The fraction of sp³-hybridized carbons (Fsp3) is 0.429. The van der Waals surface area contributed by atoms with Gasteiger partial charge in [-0.15, -0.1) is 0 Å². The summed E-state index contributed by atoms with van der Waals surface area (Å²) in [5.41, 5.74) is 1.34. The molecule has 0 saturated carbocycles. The predicted molar refractivity (Wildman–Crippen MR) is 101 cm³/mol. The third kappa shape index (κ3) is 3.37. The molecule has 1 aromatic heterocycles. The van der Waals surface area contributed by atoms with E-state index in [4.69, 9.17) is 0 Å². The van der Waals surface area contributed by atoms with Crippen LogP contribution in [0.5, 0.6) is 0 Å². The number of hydrogen-bond donors (Lipinski definition) is 0. The zero-order chi connectivity index (χ0) is 19.7. The van der Waals surface area contributed by atoms with E-state index in [9.17, 15) is 14.0 Å². The Morgan fingerprint density at radius 1 is 1.18 bits per heavy atom. The highest BCUT2D eigenvalue weighted by atomic mass is 19.1. The van der Waals surface area contributed by atoms with E-state index in [0.29, 0.717) is 31.7 Å². The van der Waals surface area contributed by atoms with E-state index >= 15 is 0 Å². The Kier molecular flexibility index (Phi) is 5.07. The highest BCUT2D eigenvalue weighted by Gasteiger charge is 2.47. The second-order valence-corrected chi connectivity index (χ2v) is 7.42. The van der Waals surface area contributed by atoms with E-state index in [2.05, 4.69) is 9.97 Å². The first kappa shape index (κ1) is 18.5. The number of piperidine rings is 1. The number of nitrogens with zero attached hydrogens (tertiary/aromatic N) is 4. The molecule has 1 aromatic carbocycles. The Balaban J connectivity index is 1.60. The van der Waals surface area contributed by atoms with Crippen molar-refractivity contribution in [3.05, 3.63) is 59.9 Å². The summed E-state index contributed by atoms with van der Waals surface area (Å²) in [4.78, 5) is 37.2. The quantitative estimate of drug-likeness (QED) is 0.818. The van der Waals surface area contributed by atoms with Crippen LogP contribution in [0.15, 0.2) is 42.9 Å². The Morgan fingerprint density at radius 3 is 2.64 bits per heavy atom. The summed E-state index contributed by atoms with van der Waals surface area (Å²) in [5, 5.41) is 0. The standard InChI is InChI=1S/C21H23FN4O2/c1-2-20(27)26-13-16(14-3-5-15(22)6-4-14)17-12-25(10-7-19(17)26)21(28)18-11-23-8-9-24-18/h3-6,8-9,11,16-17,19H,2,7,10,12-13H2,1H3/t16-,17-,19-/m1/s1. The SMILES string of the molecule is CCC(=O)N1C[C@H](c2ccc(F)cc2)[C@H]2CN(C(=O)c3cnccn3)CC[C@H]21. The summed E-state index contributed by atoms with van der Waals surface area (Å²) in [7, 11) is 0. The largest absolute Gasteiger partial charge is 0.339 e. The van der Waals surface area contributed by atoms with Crippen LogP contribution in [0, 0.1) is 11.7 Å². The van der Waals surface area contributed by atoms with Crippen LogP contribution in [0.2, 0.25) is 0 Å². The zero-order valence-electron chi connectivity index (χ0n) is 15.8. The van der Waals surface area contributed by atoms with Gasteiger partial charge in [-0.1, -0.05) is 19.1 Å². The molecule has 28 heavy (non-hydrogen) atoms. The van der Waals surface area contributed by atoms with Crippen molar-refractivity contribution in [1.82, 2.24) is 19.8 Å². The number of halogens is 1. The highest BCUT2D eigenvalue weighted by Crippen LogP contribution is 2.42. The Labute approximate surface area is 163 Å². The summed E-state index contributed by atoms with van der Waals surface area (Å²) in [6.45, 7) is 3.62. The van der Waals surface area contributed by atoms with Crippen molar-refractivity contribution >= 4 is 11.8 Å². The minimum absolute atomic E-state index is 0.0820. The van der Waals surface area contributed by atoms with Gasteiger partial charge < -0.3 is 9.80 Å². The normalized spacial score (nSPS) is 24.1. The van der Waals surface area contributed by atoms with Crippen molar-refractivity contribution < 1.29 is 14.0 Å². The molecule has 7 heteroatoms. The van der Waals surface area contributed by atoms with E-state index in [1.165, 1.54) is 24.5 Å². The molecule has 0 N–H and O–H groups in total. The molecule has 2 saturated heterocycles. The van der Waals surface area contributed by atoms with Gasteiger partial charge in [0.1, 0.15) is 11.5 Å². The first-order chi connectivity index (χ1) is 13.6. The summed E-state index contributed by atoms with van der Waals surface area (Å²) < 4.78 is 13.4. The number of aromatic nitrogens is 2. The Bertz CT molecular complexity index is 858. The first-order valence-corrected chi connectivity index (χ1v) is 9.68. The van der Waals surface area contributed by atoms with Crippen LogP contribution in [-0.4, -0.2) is 57.3 Å². The fourth-order valence-electron chi connectivity index (χ4n) is 4.54. The minimum Gasteiger partial charge on any atom is -0.339 e. The van der Waals surface area contributed by atoms with Crippen molar-refractivity contribution in [2.45, 2.75) is 31.7 Å². The van der Waals surface area contributed by atoms with Crippen LogP contribution in [0.3, 0.4) is 0 Å². The molecule has 0 spiro atoms. The molecule has 0 radical (unpaired) electrons. The molecule has 146 valence electrons. The number of carbonyl (C=O) groups is 2. The van der Waals surface area contributed by atoms with Crippen molar-refractivity contribution in [2.24, 2.45) is 5.92 Å². The smallest absolute Gasteiger partial charge is 0.274 e. The minimum atomic E-state index is -0.275. The van der Waals surface area contributed by atoms with Crippen LogP contribution >= 0.6 is 0 Å². The molecule has 2 aromatic rings. The number of benzene rings is 1. The molecule has 3 atom stereocenters. The molecule has 3 heterocycles. The molecule has 0 unspecified atom stereocenters. The van der Waals surface area contributed by atoms with Gasteiger partial charge >= 0.3 is 0 Å². The second-order valence-electron chi connectivity index (χ2n) is 7.42. The van der Waals surface area contributed by atoms with Crippen molar-refractivity contribution in [3.63, 3.8) is 0 Å². The number of hydrogen-bond acceptors (Lipinski definition) is 4. The number of rotatable bonds is 3.